The van der Waals surface area contributed by atoms with E-state index in [0.717, 1.165) is 22.6 Å². The first-order valence-electron chi connectivity index (χ1n) is 10.2. The monoisotopic (exact) mass is 408 g/mol. The third-order valence-corrected chi connectivity index (χ3v) is 4.66. The maximum Gasteiger partial charge on any atom is 0.244 e. The van der Waals surface area contributed by atoms with Gasteiger partial charge in [0.1, 0.15) is 18.1 Å². The van der Waals surface area contributed by atoms with Crippen LogP contribution in [0, 0.1) is 5.92 Å². The molecule has 2 N–H and O–H groups in total. The normalized spacial score (nSPS) is 10.9. The highest BCUT2D eigenvalue weighted by atomic mass is 16.5. The highest BCUT2D eigenvalue weighted by Gasteiger charge is 2.14. The summed E-state index contributed by atoms with van der Waals surface area (Å²) in [6.45, 7) is 6.85. The Labute approximate surface area is 176 Å². The molecule has 158 valence electrons. The van der Waals surface area contributed by atoms with E-state index in [-0.39, 0.29) is 24.3 Å². The number of anilines is 1. The molecule has 0 saturated heterocycles. The van der Waals surface area contributed by atoms with Crippen molar-refractivity contribution >= 4 is 28.5 Å². The Morgan fingerprint density at radius 3 is 2.53 bits per heavy atom. The Hall–Kier alpha value is -3.35. The van der Waals surface area contributed by atoms with E-state index in [0.29, 0.717) is 25.3 Å². The van der Waals surface area contributed by atoms with Gasteiger partial charge < -0.3 is 19.9 Å². The zero-order chi connectivity index (χ0) is 21.5. The second-order valence-corrected chi connectivity index (χ2v) is 7.30. The Morgan fingerprint density at radius 1 is 1.10 bits per heavy atom. The van der Waals surface area contributed by atoms with E-state index >= 15 is 0 Å². The Bertz CT molecular complexity index is 1010. The van der Waals surface area contributed by atoms with E-state index < -0.39 is 0 Å². The average molecular weight is 409 g/mol. The number of rotatable bonds is 9. The molecule has 0 unspecified atom stereocenters. The van der Waals surface area contributed by atoms with Crippen LogP contribution < -0.4 is 15.4 Å². The largest absolute Gasteiger partial charge is 0.494 e. The fraction of sp³-hybridized carbons (Fsp3) is 0.348. The van der Waals surface area contributed by atoms with Crippen LogP contribution >= 0.6 is 0 Å². The molecule has 0 aliphatic carbocycles. The summed E-state index contributed by atoms with van der Waals surface area (Å²) < 4.78 is 7.33. The van der Waals surface area contributed by atoms with Crippen LogP contribution in [0.3, 0.4) is 0 Å². The van der Waals surface area contributed by atoms with Gasteiger partial charge in [-0.25, -0.2) is 4.98 Å². The first-order valence-corrected chi connectivity index (χ1v) is 10.2. The number of aromatic nitrogens is 2. The van der Waals surface area contributed by atoms with Crippen molar-refractivity contribution in [3.63, 3.8) is 0 Å². The standard InChI is InChI=1S/C23H28N4O3/c1-4-30-18-11-9-17(10-12-18)25-22(28)15-27-20-8-6-5-7-19(20)26-21(27)13-14-24-23(29)16(2)3/h5-12,16H,4,13-15H2,1-3H3,(H,24,29)(H,25,28). The quantitative estimate of drug-likeness (QED) is 0.568. The first-order chi connectivity index (χ1) is 14.5. The minimum atomic E-state index is -0.144. The molecular weight excluding hydrogens is 380 g/mol. The zero-order valence-corrected chi connectivity index (χ0v) is 17.6. The van der Waals surface area contributed by atoms with Crippen molar-refractivity contribution in [1.82, 2.24) is 14.9 Å². The average Bonchev–Trinajstić information content (AvgIpc) is 3.07. The number of amides is 2. The molecule has 3 aromatic rings. The number of carbonyl (C=O) groups excluding carboxylic acids is 2. The summed E-state index contributed by atoms with van der Waals surface area (Å²) in [6, 6.07) is 15.0. The number of ether oxygens (including phenoxy) is 1. The number of imidazole rings is 1. The molecule has 7 nitrogen and oxygen atoms in total. The van der Waals surface area contributed by atoms with Crippen LogP contribution in [-0.4, -0.2) is 34.5 Å². The first kappa shape index (κ1) is 21.4. The molecule has 0 atom stereocenters. The predicted octanol–water partition coefficient (Wildman–Crippen LogP) is 3.39. The van der Waals surface area contributed by atoms with Gasteiger partial charge in [-0.3, -0.25) is 9.59 Å². The fourth-order valence-corrected chi connectivity index (χ4v) is 3.14. The zero-order valence-electron chi connectivity index (χ0n) is 17.6. The van der Waals surface area contributed by atoms with Crippen molar-refractivity contribution < 1.29 is 14.3 Å². The number of hydrogen-bond acceptors (Lipinski definition) is 4. The molecule has 0 radical (unpaired) electrons. The lowest BCUT2D eigenvalue weighted by molar-refractivity contribution is -0.124. The van der Waals surface area contributed by atoms with Crippen molar-refractivity contribution in [3.05, 3.63) is 54.4 Å². The van der Waals surface area contributed by atoms with Crippen molar-refractivity contribution in [3.8, 4) is 5.75 Å². The third-order valence-electron chi connectivity index (χ3n) is 4.66. The summed E-state index contributed by atoms with van der Waals surface area (Å²) in [5, 5.41) is 5.82. The van der Waals surface area contributed by atoms with Gasteiger partial charge in [0.25, 0.3) is 0 Å². The van der Waals surface area contributed by atoms with Crippen LogP contribution in [0.1, 0.15) is 26.6 Å². The molecule has 0 aliphatic heterocycles. The maximum absolute atomic E-state index is 12.7. The number of benzene rings is 2. The predicted molar refractivity (Wildman–Crippen MR) is 118 cm³/mol. The van der Waals surface area contributed by atoms with E-state index in [2.05, 4.69) is 15.6 Å². The van der Waals surface area contributed by atoms with Gasteiger partial charge in [0, 0.05) is 24.6 Å². The minimum Gasteiger partial charge on any atom is -0.494 e. The van der Waals surface area contributed by atoms with E-state index in [1.165, 1.54) is 0 Å². The number of nitrogens with one attached hydrogen (secondary N) is 2. The highest BCUT2D eigenvalue weighted by molar-refractivity contribution is 5.91. The molecule has 1 aromatic heterocycles. The highest BCUT2D eigenvalue weighted by Crippen LogP contribution is 2.18. The van der Waals surface area contributed by atoms with Gasteiger partial charge >= 0.3 is 0 Å². The molecule has 7 heteroatoms. The van der Waals surface area contributed by atoms with Gasteiger partial charge in [0.15, 0.2) is 0 Å². The molecule has 0 saturated carbocycles. The lowest BCUT2D eigenvalue weighted by Gasteiger charge is -2.12. The van der Waals surface area contributed by atoms with Crippen LogP contribution in [-0.2, 0) is 22.6 Å². The summed E-state index contributed by atoms with van der Waals surface area (Å²) in [7, 11) is 0. The Balaban J connectivity index is 1.71. The molecular formula is C23H28N4O3. The van der Waals surface area contributed by atoms with Crippen LogP contribution in [0.5, 0.6) is 5.75 Å². The lowest BCUT2D eigenvalue weighted by atomic mass is 10.2. The molecule has 2 aromatic carbocycles. The van der Waals surface area contributed by atoms with E-state index in [1.54, 1.807) is 0 Å². The van der Waals surface area contributed by atoms with Crippen molar-refractivity contribution in [1.29, 1.82) is 0 Å². The number of nitrogens with zero attached hydrogens (tertiary/aromatic N) is 2. The molecule has 0 aliphatic rings. The van der Waals surface area contributed by atoms with Gasteiger partial charge in [-0.15, -0.1) is 0 Å². The summed E-state index contributed by atoms with van der Waals surface area (Å²) in [4.78, 5) is 29.2. The molecule has 0 bridgehead atoms. The SMILES string of the molecule is CCOc1ccc(NC(=O)Cn2c(CCNC(=O)C(C)C)nc3ccccc32)cc1. The van der Waals surface area contributed by atoms with Crippen LogP contribution in [0.15, 0.2) is 48.5 Å². The number of carbonyl (C=O) groups is 2. The van der Waals surface area contributed by atoms with Crippen LogP contribution in [0.2, 0.25) is 0 Å². The molecule has 30 heavy (non-hydrogen) atoms. The van der Waals surface area contributed by atoms with E-state index in [9.17, 15) is 9.59 Å². The molecule has 3 rings (SSSR count). The summed E-state index contributed by atoms with van der Waals surface area (Å²) in [5.41, 5.74) is 2.43. The fourth-order valence-electron chi connectivity index (χ4n) is 3.14. The Morgan fingerprint density at radius 2 is 1.83 bits per heavy atom. The maximum atomic E-state index is 12.7. The van der Waals surface area contributed by atoms with Crippen molar-refractivity contribution in [2.45, 2.75) is 33.7 Å². The van der Waals surface area contributed by atoms with Crippen LogP contribution in [0.25, 0.3) is 11.0 Å². The summed E-state index contributed by atoms with van der Waals surface area (Å²) in [5.74, 6) is 1.33. The van der Waals surface area contributed by atoms with E-state index in [4.69, 9.17) is 4.74 Å². The minimum absolute atomic E-state index is 0.00547. The Kier molecular flexibility index (Phi) is 7.06. The smallest absolute Gasteiger partial charge is 0.244 e. The number of hydrogen-bond donors (Lipinski definition) is 2. The van der Waals surface area contributed by atoms with Crippen molar-refractivity contribution in [2.24, 2.45) is 5.92 Å². The van der Waals surface area contributed by atoms with Gasteiger partial charge in [0.2, 0.25) is 11.8 Å². The third kappa shape index (κ3) is 5.37. The second kappa shape index (κ2) is 9.91. The summed E-state index contributed by atoms with van der Waals surface area (Å²) >= 11 is 0. The van der Waals surface area contributed by atoms with E-state index in [1.807, 2.05) is 73.9 Å². The van der Waals surface area contributed by atoms with Gasteiger partial charge in [-0.2, -0.15) is 0 Å². The summed E-state index contributed by atoms with van der Waals surface area (Å²) in [6.07, 6.45) is 0.545. The van der Waals surface area contributed by atoms with Gasteiger partial charge in [-0.1, -0.05) is 26.0 Å². The number of fused-ring (bicyclic) bond motifs is 1. The van der Waals surface area contributed by atoms with Gasteiger partial charge in [0.05, 0.1) is 17.6 Å². The van der Waals surface area contributed by atoms with Crippen molar-refractivity contribution in [2.75, 3.05) is 18.5 Å². The van der Waals surface area contributed by atoms with Gasteiger partial charge in [-0.05, 0) is 43.3 Å². The molecule has 0 spiro atoms. The topological polar surface area (TPSA) is 85.2 Å². The second-order valence-electron chi connectivity index (χ2n) is 7.30. The molecule has 2 amide bonds. The number of para-hydroxylation sites is 2. The molecule has 1 heterocycles. The molecule has 0 fully saturated rings. The van der Waals surface area contributed by atoms with Crippen LogP contribution in [0.4, 0.5) is 5.69 Å². The lowest BCUT2D eigenvalue weighted by Crippen LogP contribution is -2.30.